The second kappa shape index (κ2) is 4.73. The van der Waals surface area contributed by atoms with E-state index in [1.807, 2.05) is 35.3 Å². The van der Waals surface area contributed by atoms with Crippen molar-refractivity contribution in [2.45, 2.75) is 13.3 Å². The van der Waals surface area contributed by atoms with Gasteiger partial charge in [0.25, 0.3) is 0 Å². The van der Waals surface area contributed by atoms with Crippen LogP contribution in [0.4, 0.5) is 5.82 Å². The van der Waals surface area contributed by atoms with Crippen molar-refractivity contribution < 1.29 is 0 Å². The van der Waals surface area contributed by atoms with Gasteiger partial charge in [-0.05, 0) is 13.0 Å². The van der Waals surface area contributed by atoms with Gasteiger partial charge in [-0.2, -0.15) is 5.10 Å². The smallest absolute Gasteiger partial charge is 0.152 e. The first-order valence-corrected chi connectivity index (χ1v) is 6.64. The van der Waals surface area contributed by atoms with E-state index >= 15 is 0 Å². The molecule has 0 aliphatic carbocycles. The lowest BCUT2D eigenvalue weighted by Gasteiger charge is -2.05. The van der Waals surface area contributed by atoms with Crippen LogP contribution in [-0.2, 0) is 6.42 Å². The van der Waals surface area contributed by atoms with Crippen LogP contribution in [0.25, 0.3) is 5.52 Å². The van der Waals surface area contributed by atoms with Crippen LogP contribution in [0.3, 0.4) is 0 Å². The van der Waals surface area contributed by atoms with E-state index in [-0.39, 0.29) is 0 Å². The molecule has 6 heteroatoms. The number of hydrogen-bond acceptors (Lipinski definition) is 5. The van der Waals surface area contributed by atoms with Crippen molar-refractivity contribution in [3.05, 3.63) is 40.7 Å². The molecule has 18 heavy (non-hydrogen) atoms. The van der Waals surface area contributed by atoms with E-state index in [0.29, 0.717) is 0 Å². The molecule has 0 fully saturated rings. The van der Waals surface area contributed by atoms with Gasteiger partial charge in [-0.25, -0.2) is 14.5 Å². The highest BCUT2D eigenvalue weighted by Crippen LogP contribution is 2.14. The van der Waals surface area contributed by atoms with E-state index in [9.17, 15) is 0 Å². The number of hydrogen-bond donors (Lipinski definition) is 1. The molecule has 3 heterocycles. The van der Waals surface area contributed by atoms with Crippen molar-refractivity contribution in [2.24, 2.45) is 0 Å². The van der Waals surface area contributed by atoms with Gasteiger partial charge in [0.1, 0.15) is 5.52 Å². The molecular formula is C12H13N5S. The molecule has 0 saturated heterocycles. The number of anilines is 1. The summed E-state index contributed by atoms with van der Waals surface area (Å²) >= 11 is 1.68. The van der Waals surface area contributed by atoms with Crippen molar-refractivity contribution in [1.82, 2.24) is 19.6 Å². The molecule has 0 bridgehead atoms. The third-order valence-electron chi connectivity index (χ3n) is 2.63. The highest BCUT2D eigenvalue weighted by atomic mass is 32.1. The monoisotopic (exact) mass is 259 g/mol. The minimum Gasteiger partial charge on any atom is -0.368 e. The lowest BCUT2D eigenvalue weighted by Crippen LogP contribution is -2.07. The molecule has 0 atom stereocenters. The van der Waals surface area contributed by atoms with Crippen LogP contribution >= 0.6 is 11.3 Å². The molecule has 3 rings (SSSR count). The minimum atomic E-state index is 0.824. The molecule has 0 saturated carbocycles. The predicted octanol–water partition coefficient (Wildman–Crippen LogP) is 2.15. The molecule has 0 amide bonds. The van der Waals surface area contributed by atoms with Gasteiger partial charge in [0.2, 0.25) is 0 Å². The summed E-state index contributed by atoms with van der Waals surface area (Å²) in [7, 11) is 0. The predicted molar refractivity (Wildman–Crippen MR) is 72.0 cm³/mol. The van der Waals surface area contributed by atoms with E-state index in [0.717, 1.165) is 35.0 Å². The molecule has 0 aliphatic rings. The standard InChI is InChI=1S/C12H13N5S/c1-9-8-10-12(15-4-6-17(10)16-9)14-3-2-11-13-5-7-18-11/h4-8H,2-3H2,1H3,(H,14,15). The van der Waals surface area contributed by atoms with Crippen molar-refractivity contribution in [1.29, 1.82) is 0 Å². The molecule has 0 radical (unpaired) electrons. The molecule has 1 N–H and O–H groups in total. The molecule has 3 aromatic rings. The summed E-state index contributed by atoms with van der Waals surface area (Å²) in [6.45, 7) is 2.80. The van der Waals surface area contributed by atoms with Gasteiger partial charge in [-0.1, -0.05) is 0 Å². The molecule has 0 aliphatic heterocycles. The number of fused-ring (bicyclic) bond motifs is 1. The number of thiazole rings is 1. The maximum atomic E-state index is 4.36. The zero-order chi connectivity index (χ0) is 12.4. The van der Waals surface area contributed by atoms with Crippen LogP contribution in [0.15, 0.2) is 30.0 Å². The third kappa shape index (κ3) is 2.19. The van der Waals surface area contributed by atoms with Gasteiger partial charge in [0.05, 0.1) is 10.7 Å². The van der Waals surface area contributed by atoms with E-state index in [2.05, 4.69) is 20.4 Å². The summed E-state index contributed by atoms with van der Waals surface area (Å²) in [5, 5.41) is 10.8. The van der Waals surface area contributed by atoms with Crippen molar-refractivity contribution >= 4 is 22.7 Å². The quantitative estimate of drug-likeness (QED) is 0.780. The van der Waals surface area contributed by atoms with E-state index in [1.54, 1.807) is 17.5 Å². The van der Waals surface area contributed by atoms with Crippen LogP contribution in [0.1, 0.15) is 10.7 Å². The lowest BCUT2D eigenvalue weighted by molar-refractivity contribution is 0.916. The summed E-state index contributed by atoms with van der Waals surface area (Å²) in [6.07, 6.45) is 6.35. The zero-order valence-corrected chi connectivity index (χ0v) is 10.8. The summed E-state index contributed by atoms with van der Waals surface area (Å²) in [5.41, 5.74) is 2.00. The summed E-state index contributed by atoms with van der Waals surface area (Å²) in [6, 6.07) is 2.03. The van der Waals surface area contributed by atoms with E-state index in [4.69, 9.17) is 0 Å². The number of aryl methyl sites for hydroxylation is 1. The first kappa shape index (κ1) is 11.2. The first-order valence-electron chi connectivity index (χ1n) is 5.76. The van der Waals surface area contributed by atoms with Gasteiger partial charge in [-0.15, -0.1) is 11.3 Å². The van der Waals surface area contributed by atoms with Gasteiger partial charge >= 0.3 is 0 Å². The van der Waals surface area contributed by atoms with Gasteiger partial charge in [0.15, 0.2) is 5.82 Å². The summed E-state index contributed by atoms with van der Waals surface area (Å²) in [5.74, 6) is 0.870. The Kier molecular flexibility index (Phi) is 2.93. The van der Waals surface area contributed by atoms with Crippen LogP contribution in [0.5, 0.6) is 0 Å². The number of nitrogens with one attached hydrogen (secondary N) is 1. The topological polar surface area (TPSA) is 55.1 Å². The van der Waals surface area contributed by atoms with Crippen molar-refractivity contribution in [2.75, 3.05) is 11.9 Å². The Hall–Kier alpha value is -1.95. The summed E-state index contributed by atoms with van der Waals surface area (Å²) < 4.78 is 1.84. The van der Waals surface area contributed by atoms with Gasteiger partial charge in [-0.3, -0.25) is 0 Å². The fourth-order valence-corrected chi connectivity index (χ4v) is 2.47. The fraction of sp³-hybridized carbons (Fsp3) is 0.250. The maximum Gasteiger partial charge on any atom is 0.152 e. The average molecular weight is 259 g/mol. The lowest BCUT2D eigenvalue weighted by atomic mass is 10.4. The van der Waals surface area contributed by atoms with Gasteiger partial charge in [0, 0.05) is 36.9 Å². The SMILES string of the molecule is Cc1cc2c(NCCc3nccs3)nccn2n1. The van der Waals surface area contributed by atoms with Crippen LogP contribution in [0, 0.1) is 6.92 Å². The number of rotatable bonds is 4. The summed E-state index contributed by atoms with van der Waals surface area (Å²) in [4.78, 5) is 8.60. The Morgan fingerprint density at radius 3 is 3.11 bits per heavy atom. The Labute approximate surface area is 109 Å². The second-order valence-electron chi connectivity index (χ2n) is 3.99. The van der Waals surface area contributed by atoms with E-state index in [1.165, 1.54) is 0 Å². The van der Waals surface area contributed by atoms with Crippen molar-refractivity contribution in [3.8, 4) is 0 Å². The van der Waals surface area contributed by atoms with Crippen LogP contribution in [-0.4, -0.2) is 26.1 Å². The molecular weight excluding hydrogens is 246 g/mol. The second-order valence-corrected chi connectivity index (χ2v) is 4.97. The van der Waals surface area contributed by atoms with Crippen molar-refractivity contribution in [3.63, 3.8) is 0 Å². The Morgan fingerprint density at radius 1 is 1.33 bits per heavy atom. The minimum absolute atomic E-state index is 0.824. The normalized spacial score (nSPS) is 10.9. The number of aromatic nitrogens is 4. The maximum absolute atomic E-state index is 4.36. The highest BCUT2D eigenvalue weighted by molar-refractivity contribution is 7.09. The van der Waals surface area contributed by atoms with Gasteiger partial charge < -0.3 is 5.32 Å². The van der Waals surface area contributed by atoms with Crippen LogP contribution < -0.4 is 5.32 Å². The Balaban J connectivity index is 1.74. The molecule has 92 valence electrons. The first-order chi connectivity index (χ1) is 8.83. The Morgan fingerprint density at radius 2 is 2.28 bits per heavy atom. The largest absolute Gasteiger partial charge is 0.368 e. The molecule has 0 spiro atoms. The molecule has 0 unspecified atom stereocenters. The Bertz CT molecular complexity index is 644. The van der Waals surface area contributed by atoms with Crippen LogP contribution in [0.2, 0.25) is 0 Å². The molecule has 0 aromatic carbocycles. The average Bonchev–Trinajstić information content (AvgIpc) is 2.97. The number of nitrogens with zero attached hydrogens (tertiary/aromatic N) is 4. The third-order valence-corrected chi connectivity index (χ3v) is 3.47. The molecule has 3 aromatic heterocycles. The van der Waals surface area contributed by atoms with E-state index < -0.39 is 0 Å². The fourth-order valence-electron chi connectivity index (χ4n) is 1.84. The highest BCUT2D eigenvalue weighted by Gasteiger charge is 2.04. The zero-order valence-electron chi connectivity index (χ0n) is 10.00. The molecule has 5 nitrogen and oxygen atoms in total.